The molecule has 0 saturated carbocycles. The molecule has 0 aromatic rings. The van der Waals surface area contributed by atoms with E-state index in [2.05, 4.69) is 0 Å². The maximum absolute atomic E-state index is 10.2. The van der Waals surface area contributed by atoms with Crippen molar-refractivity contribution < 1.29 is 15.0 Å². The van der Waals surface area contributed by atoms with E-state index in [0.717, 1.165) is 0 Å². The molecule has 1 atom stereocenters. The van der Waals surface area contributed by atoms with E-state index in [4.69, 9.17) is 10.8 Å². The first kappa shape index (κ1) is 10.4. The quantitative estimate of drug-likeness (QED) is 0.539. The first-order valence-corrected chi connectivity index (χ1v) is 3.54. The molecule has 4 heteroatoms. The molecule has 0 aromatic carbocycles. The van der Waals surface area contributed by atoms with Gasteiger partial charge in [-0.2, -0.15) is 0 Å². The van der Waals surface area contributed by atoms with Crippen molar-refractivity contribution >= 4 is 5.97 Å². The van der Waals surface area contributed by atoms with Crippen LogP contribution in [0.4, 0.5) is 0 Å². The number of rotatable bonds is 4. The minimum absolute atomic E-state index is 0.304. The first-order chi connectivity index (χ1) is 4.83. The third kappa shape index (κ3) is 5.82. The monoisotopic (exact) mass is 161 g/mol. The Morgan fingerprint density at radius 1 is 1.64 bits per heavy atom. The average molecular weight is 161 g/mol. The summed E-state index contributed by atoms with van der Waals surface area (Å²) in [5.74, 6) is -1.02. The maximum Gasteiger partial charge on any atom is 0.320 e. The molecule has 0 unspecified atom stereocenters. The van der Waals surface area contributed by atoms with Crippen molar-refractivity contribution in [1.29, 1.82) is 0 Å². The van der Waals surface area contributed by atoms with Gasteiger partial charge in [-0.1, -0.05) is 0 Å². The van der Waals surface area contributed by atoms with Crippen molar-refractivity contribution in [3.05, 3.63) is 0 Å². The van der Waals surface area contributed by atoms with E-state index in [1.165, 1.54) is 0 Å². The molecule has 0 rings (SSSR count). The van der Waals surface area contributed by atoms with Crippen LogP contribution in [0.3, 0.4) is 0 Å². The van der Waals surface area contributed by atoms with Crippen LogP contribution in [0.1, 0.15) is 26.7 Å². The zero-order valence-electron chi connectivity index (χ0n) is 6.87. The van der Waals surface area contributed by atoms with E-state index < -0.39 is 17.6 Å². The van der Waals surface area contributed by atoms with Gasteiger partial charge in [0, 0.05) is 0 Å². The highest BCUT2D eigenvalue weighted by molar-refractivity contribution is 5.72. The zero-order chi connectivity index (χ0) is 9.07. The molecule has 66 valence electrons. The third-order valence-electron chi connectivity index (χ3n) is 1.38. The van der Waals surface area contributed by atoms with Crippen LogP contribution < -0.4 is 5.73 Å². The Kier molecular flexibility index (Phi) is 3.48. The van der Waals surface area contributed by atoms with Gasteiger partial charge in [0.2, 0.25) is 0 Å². The van der Waals surface area contributed by atoms with Crippen LogP contribution in [-0.2, 0) is 4.79 Å². The van der Waals surface area contributed by atoms with Gasteiger partial charge in [-0.05, 0) is 26.7 Å². The zero-order valence-corrected chi connectivity index (χ0v) is 6.87. The molecule has 0 heterocycles. The van der Waals surface area contributed by atoms with Crippen molar-refractivity contribution in [2.45, 2.75) is 38.3 Å². The Balaban J connectivity index is 3.63. The summed E-state index contributed by atoms with van der Waals surface area (Å²) in [6.07, 6.45) is 0.708. The van der Waals surface area contributed by atoms with Crippen molar-refractivity contribution in [1.82, 2.24) is 0 Å². The number of aliphatic hydroxyl groups is 1. The van der Waals surface area contributed by atoms with Crippen LogP contribution in [-0.4, -0.2) is 27.8 Å². The van der Waals surface area contributed by atoms with Gasteiger partial charge >= 0.3 is 5.97 Å². The van der Waals surface area contributed by atoms with E-state index in [1.807, 2.05) is 0 Å². The summed E-state index contributed by atoms with van der Waals surface area (Å²) in [7, 11) is 0. The van der Waals surface area contributed by atoms with Crippen molar-refractivity contribution in [3.8, 4) is 0 Å². The Morgan fingerprint density at radius 2 is 2.09 bits per heavy atom. The van der Waals surface area contributed by atoms with Gasteiger partial charge < -0.3 is 15.9 Å². The number of nitrogens with two attached hydrogens (primary N) is 1. The molecule has 0 bridgehead atoms. The molecular formula is C7H15NO3. The molecule has 11 heavy (non-hydrogen) atoms. The highest BCUT2D eigenvalue weighted by atomic mass is 16.4. The second-order valence-corrected chi connectivity index (χ2v) is 3.30. The summed E-state index contributed by atoms with van der Waals surface area (Å²) in [6, 6.07) is -0.860. The molecule has 0 fully saturated rings. The van der Waals surface area contributed by atoms with Crippen LogP contribution in [0, 0.1) is 0 Å². The molecule has 0 aliphatic heterocycles. The molecule has 0 saturated heterocycles. The van der Waals surface area contributed by atoms with Gasteiger partial charge in [0.25, 0.3) is 0 Å². The van der Waals surface area contributed by atoms with E-state index in [1.54, 1.807) is 13.8 Å². The lowest BCUT2D eigenvalue weighted by Gasteiger charge is -2.17. The summed E-state index contributed by atoms with van der Waals surface area (Å²) < 4.78 is 0. The van der Waals surface area contributed by atoms with Crippen LogP contribution >= 0.6 is 0 Å². The number of carboxylic acids is 1. The molecular weight excluding hydrogens is 146 g/mol. The molecule has 0 amide bonds. The second kappa shape index (κ2) is 3.69. The van der Waals surface area contributed by atoms with Crippen LogP contribution in [0.25, 0.3) is 0 Å². The van der Waals surface area contributed by atoms with Crippen molar-refractivity contribution in [2.75, 3.05) is 0 Å². The second-order valence-electron chi connectivity index (χ2n) is 3.30. The van der Waals surface area contributed by atoms with Gasteiger partial charge in [-0.3, -0.25) is 4.79 Å². The molecule has 4 nitrogen and oxygen atoms in total. The number of hydrogen-bond acceptors (Lipinski definition) is 3. The van der Waals surface area contributed by atoms with Gasteiger partial charge in [-0.15, -0.1) is 0 Å². The fourth-order valence-electron chi connectivity index (χ4n) is 0.632. The Bertz CT molecular complexity index is 139. The van der Waals surface area contributed by atoms with E-state index in [0.29, 0.717) is 12.8 Å². The number of carbonyl (C=O) groups is 1. The maximum atomic E-state index is 10.2. The smallest absolute Gasteiger partial charge is 0.320 e. The molecule has 0 radical (unpaired) electrons. The number of carboxylic acid groups (broad SMARTS) is 1. The summed E-state index contributed by atoms with van der Waals surface area (Å²) in [4.78, 5) is 10.2. The molecule has 4 N–H and O–H groups in total. The minimum Gasteiger partial charge on any atom is -0.480 e. The SMILES string of the molecule is CC(C)(O)CC[C@@H](N)C(=O)O. The topological polar surface area (TPSA) is 83.5 Å². The number of hydrogen-bond donors (Lipinski definition) is 3. The van der Waals surface area contributed by atoms with E-state index in [9.17, 15) is 9.90 Å². The predicted octanol–water partition coefficient (Wildman–Crippen LogP) is -0.0506. The highest BCUT2D eigenvalue weighted by Gasteiger charge is 2.17. The predicted molar refractivity (Wildman–Crippen MR) is 41.1 cm³/mol. The van der Waals surface area contributed by atoms with Crippen LogP contribution in [0.15, 0.2) is 0 Å². The lowest BCUT2D eigenvalue weighted by molar-refractivity contribution is -0.138. The van der Waals surface area contributed by atoms with Gasteiger partial charge in [0.15, 0.2) is 0 Å². The van der Waals surface area contributed by atoms with Gasteiger partial charge in [0.05, 0.1) is 5.60 Å². The molecule has 0 aliphatic rings. The lowest BCUT2D eigenvalue weighted by atomic mass is 10.00. The fraction of sp³-hybridized carbons (Fsp3) is 0.857. The molecule has 0 aliphatic carbocycles. The number of aliphatic carboxylic acids is 1. The third-order valence-corrected chi connectivity index (χ3v) is 1.38. The van der Waals surface area contributed by atoms with Crippen LogP contribution in [0.5, 0.6) is 0 Å². The fourth-order valence-corrected chi connectivity index (χ4v) is 0.632. The van der Waals surface area contributed by atoms with Gasteiger partial charge in [0.1, 0.15) is 6.04 Å². The summed E-state index contributed by atoms with van der Waals surface area (Å²) in [6.45, 7) is 3.25. The van der Waals surface area contributed by atoms with Crippen LogP contribution in [0.2, 0.25) is 0 Å². The average Bonchev–Trinajstić information content (AvgIpc) is 1.80. The first-order valence-electron chi connectivity index (χ1n) is 3.54. The molecule has 0 aromatic heterocycles. The van der Waals surface area contributed by atoms with Crippen molar-refractivity contribution in [2.24, 2.45) is 5.73 Å². The Morgan fingerprint density at radius 3 is 2.36 bits per heavy atom. The lowest BCUT2D eigenvalue weighted by Crippen LogP contribution is -2.32. The summed E-state index contributed by atoms with van der Waals surface area (Å²) in [5, 5.41) is 17.6. The standard InChI is InChI=1S/C7H15NO3/c1-7(2,11)4-3-5(8)6(9)10/h5,11H,3-4,8H2,1-2H3,(H,9,10)/t5-/m1/s1. The summed E-state index contributed by atoms with van der Waals surface area (Å²) in [5.41, 5.74) is 4.39. The largest absolute Gasteiger partial charge is 0.480 e. The Hall–Kier alpha value is -0.610. The normalized spacial score (nSPS) is 14.5. The highest BCUT2D eigenvalue weighted by Crippen LogP contribution is 2.11. The van der Waals surface area contributed by atoms with E-state index >= 15 is 0 Å². The minimum atomic E-state index is -1.02. The van der Waals surface area contributed by atoms with Gasteiger partial charge in [-0.25, -0.2) is 0 Å². The summed E-state index contributed by atoms with van der Waals surface area (Å²) >= 11 is 0. The van der Waals surface area contributed by atoms with Crippen molar-refractivity contribution in [3.63, 3.8) is 0 Å². The Labute approximate surface area is 66.0 Å². The molecule has 0 spiro atoms. The van der Waals surface area contributed by atoms with E-state index in [-0.39, 0.29) is 0 Å².